The standard InChI is InChI=1S/C11H15N3O4S/c12-7-8-5-9(6-8)13-19(17,18)11-3-1-10(2-4-11)14(15)16/h1-4,8-9,13H,5-7,12H2. The average molecular weight is 285 g/mol. The molecule has 104 valence electrons. The average Bonchev–Trinajstić information content (AvgIpc) is 2.33. The van der Waals surface area contributed by atoms with Gasteiger partial charge in [-0.1, -0.05) is 0 Å². The molecule has 0 radical (unpaired) electrons. The van der Waals surface area contributed by atoms with Gasteiger partial charge in [0.25, 0.3) is 5.69 Å². The fraction of sp³-hybridized carbons (Fsp3) is 0.455. The number of nitro benzene ring substituents is 1. The zero-order chi connectivity index (χ0) is 14.0. The lowest BCUT2D eigenvalue weighted by Gasteiger charge is -2.34. The maximum absolute atomic E-state index is 12.0. The zero-order valence-corrected chi connectivity index (χ0v) is 11.0. The Morgan fingerprint density at radius 2 is 1.89 bits per heavy atom. The molecular formula is C11H15N3O4S. The van der Waals surface area contributed by atoms with Crippen LogP contribution in [-0.2, 0) is 10.0 Å². The van der Waals surface area contributed by atoms with Crippen LogP contribution in [0.3, 0.4) is 0 Å². The molecule has 0 saturated heterocycles. The maximum atomic E-state index is 12.0. The summed E-state index contributed by atoms with van der Waals surface area (Å²) in [7, 11) is -3.61. The van der Waals surface area contributed by atoms with Crippen LogP contribution >= 0.6 is 0 Å². The Labute approximate surface area is 111 Å². The number of hydrogen-bond donors (Lipinski definition) is 2. The minimum atomic E-state index is -3.61. The monoisotopic (exact) mass is 285 g/mol. The number of benzene rings is 1. The van der Waals surface area contributed by atoms with Gasteiger partial charge < -0.3 is 5.73 Å². The molecule has 3 N–H and O–H groups in total. The van der Waals surface area contributed by atoms with E-state index in [2.05, 4.69) is 4.72 Å². The number of nitrogens with zero attached hydrogens (tertiary/aromatic N) is 1. The normalized spacial score (nSPS) is 22.8. The molecule has 1 saturated carbocycles. The van der Waals surface area contributed by atoms with Gasteiger partial charge >= 0.3 is 0 Å². The third-order valence-corrected chi connectivity index (χ3v) is 4.79. The van der Waals surface area contributed by atoms with E-state index in [0.29, 0.717) is 12.5 Å². The van der Waals surface area contributed by atoms with Gasteiger partial charge in [0.2, 0.25) is 10.0 Å². The van der Waals surface area contributed by atoms with Gasteiger partial charge in [-0.05, 0) is 37.4 Å². The highest BCUT2D eigenvalue weighted by atomic mass is 32.2. The van der Waals surface area contributed by atoms with Gasteiger partial charge in [-0.25, -0.2) is 13.1 Å². The summed E-state index contributed by atoms with van der Waals surface area (Å²) < 4.78 is 26.6. The van der Waals surface area contributed by atoms with E-state index in [1.54, 1.807) is 0 Å². The molecule has 2 rings (SSSR count). The Morgan fingerprint density at radius 1 is 1.32 bits per heavy atom. The molecule has 1 aliphatic rings. The van der Waals surface area contributed by atoms with Crippen molar-refractivity contribution in [1.29, 1.82) is 0 Å². The maximum Gasteiger partial charge on any atom is 0.269 e. The van der Waals surface area contributed by atoms with Crippen molar-refractivity contribution in [2.45, 2.75) is 23.8 Å². The minimum Gasteiger partial charge on any atom is -0.330 e. The highest BCUT2D eigenvalue weighted by Gasteiger charge is 2.31. The number of nitrogens with one attached hydrogen (secondary N) is 1. The Kier molecular flexibility index (Phi) is 3.83. The van der Waals surface area contributed by atoms with Crippen molar-refractivity contribution in [2.24, 2.45) is 11.7 Å². The van der Waals surface area contributed by atoms with Gasteiger partial charge in [-0.15, -0.1) is 0 Å². The van der Waals surface area contributed by atoms with Crippen molar-refractivity contribution in [2.75, 3.05) is 6.54 Å². The summed E-state index contributed by atoms with van der Waals surface area (Å²) in [6.07, 6.45) is 1.48. The Bertz CT molecular complexity index is 564. The van der Waals surface area contributed by atoms with Gasteiger partial charge in [0.15, 0.2) is 0 Å². The molecule has 0 heterocycles. The van der Waals surface area contributed by atoms with Crippen LogP contribution in [0.2, 0.25) is 0 Å². The first-order chi connectivity index (χ1) is 8.92. The number of rotatable bonds is 5. The van der Waals surface area contributed by atoms with Gasteiger partial charge in [-0.3, -0.25) is 10.1 Å². The third-order valence-electron chi connectivity index (χ3n) is 3.25. The summed E-state index contributed by atoms with van der Waals surface area (Å²) in [6.45, 7) is 0.565. The largest absolute Gasteiger partial charge is 0.330 e. The van der Waals surface area contributed by atoms with Crippen molar-refractivity contribution in [1.82, 2.24) is 4.72 Å². The van der Waals surface area contributed by atoms with Gasteiger partial charge in [0, 0.05) is 18.2 Å². The number of nitro groups is 1. The summed E-state index contributed by atoms with van der Waals surface area (Å²) in [6, 6.07) is 4.74. The summed E-state index contributed by atoms with van der Waals surface area (Å²) in [5.74, 6) is 0.379. The van der Waals surface area contributed by atoms with Crippen LogP contribution in [0, 0.1) is 16.0 Å². The fourth-order valence-electron chi connectivity index (χ4n) is 2.06. The smallest absolute Gasteiger partial charge is 0.269 e. The molecule has 1 aromatic carbocycles. The number of sulfonamides is 1. The molecule has 19 heavy (non-hydrogen) atoms. The first-order valence-electron chi connectivity index (χ1n) is 5.89. The van der Waals surface area contributed by atoms with Crippen LogP contribution < -0.4 is 10.5 Å². The predicted molar refractivity (Wildman–Crippen MR) is 69.0 cm³/mol. The van der Waals surface area contributed by atoms with Crippen molar-refractivity contribution in [3.8, 4) is 0 Å². The molecule has 0 atom stereocenters. The molecule has 0 spiro atoms. The Balaban J connectivity index is 2.05. The molecule has 8 heteroatoms. The molecule has 0 bridgehead atoms. The third kappa shape index (κ3) is 3.09. The first kappa shape index (κ1) is 13.9. The van der Waals surface area contributed by atoms with Gasteiger partial charge in [-0.2, -0.15) is 0 Å². The first-order valence-corrected chi connectivity index (χ1v) is 7.37. The van der Waals surface area contributed by atoms with E-state index >= 15 is 0 Å². The van der Waals surface area contributed by atoms with Crippen molar-refractivity contribution >= 4 is 15.7 Å². The van der Waals surface area contributed by atoms with Crippen LogP contribution in [0.1, 0.15) is 12.8 Å². The van der Waals surface area contributed by atoms with Crippen LogP contribution in [0.15, 0.2) is 29.2 Å². The topological polar surface area (TPSA) is 115 Å². The molecule has 0 aliphatic heterocycles. The van der Waals surface area contributed by atoms with Crippen LogP contribution in [0.4, 0.5) is 5.69 Å². The summed E-state index contributed by atoms with van der Waals surface area (Å²) in [5, 5.41) is 10.5. The lowest BCUT2D eigenvalue weighted by atomic mass is 9.81. The molecule has 0 aromatic heterocycles. The zero-order valence-electron chi connectivity index (χ0n) is 10.2. The van der Waals surface area contributed by atoms with E-state index in [4.69, 9.17) is 5.73 Å². The lowest BCUT2D eigenvalue weighted by molar-refractivity contribution is -0.384. The summed E-state index contributed by atoms with van der Waals surface area (Å²) in [5.41, 5.74) is 5.34. The highest BCUT2D eigenvalue weighted by molar-refractivity contribution is 7.89. The van der Waals surface area contributed by atoms with Crippen molar-refractivity contribution in [3.63, 3.8) is 0 Å². The number of non-ortho nitro benzene ring substituents is 1. The highest BCUT2D eigenvalue weighted by Crippen LogP contribution is 2.27. The molecule has 1 aliphatic carbocycles. The summed E-state index contributed by atoms with van der Waals surface area (Å²) in [4.78, 5) is 9.96. The molecule has 0 unspecified atom stereocenters. The van der Waals surface area contributed by atoms with Crippen molar-refractivity contribution in [3.05, 3.63) is 34.4 Å². The number of hydrogen-bond acceptors (Lipinski definition) is 5. The Hall–Kier alpha value is -1.51. The molecule has 7 nitrogen and oxygen atoms in total. The van der Waals surface area contributed by atoms with E-state index < -0.39 is 14.9 Å². The van der Waals surface area contributed by atoms with Gasteiger partial charge in [0.05, 0.1) is 9.82 Å². The minimum absolute atomic E-state index is 0.0364. The SMILES string of the molecule is NCC1CC(NS(=O)(=O)c2ccc([N+](=O)[O-])cc2)C1. The lowest BCUT2D eigenvalue weighted by Crippen LogP contribution is -2.46. The molecule has 0 amide bonds. The van der Waals surface area contributed by atoms with E-state index in [0.717, 1.165) is 12.8 Å². The summed E-state index contributed by atoms with van der Waals surface area (Å²) >= 11 is 0. The predicted octanol–water partition coefficient (Wildman–Crippen LogP) is 0.610. The van der Waals surface area contributed by atoms with E-state index in [-0.39, 0.29) is 16.6 Å². The molecule has 1 aromatic rings. The van der Waals surface area contributed by atoms with E-state index in [1.165, 1.54) is 24.3 Å². The van der Waals surface area contributed by atoms with Crippen LogP contribution in [0.25, 0.3) is 0 Å². The fourth-order valence-corrected chi connectivity index (χ4v) is 3.32. The second-order valence-corrected chi connectivity index (χ2v) is 6.36. The molecule has 1 fully saturated rings. The second kappa shape index (κ2) is 5.24. The van der Waals surface area contributed by atoms with E-state index in [9.17, 15) is 18.5 Å². The Morgan fingerprint density at radius 3 is 2.37 bits per heavy atom. The van der Waals surface area contributed by atoms with Crippen molar-refractivity contribution < 1.29 is 13.3 Å². The van der Waals surface area contributed by atoms with Crippen LogP contribution in [-0.4, -0.2) is 25.9 Å². The van der Waals surface area contributed by atoms with Crippen LogP contribution in [0.5, 0.6) is 0 Å². The number of nitrogens with two attached hydrogens (primary N) is 1. The van der Waals surface area contributed by atoms with Gasteiger partial charge in [0.1, 0.15) is 0 Å². The van der Waals surface area contributed by atoms with E-state index in [1.807, 2.05) is 0 Å². The quantitative estimate of drug-likeness (QED) is 0.607. The second-order valence-electron chi connectivity index (χ2n) is 4.64. The molecular weight excluding hydrogens is 270 g/mol.